The normalized spacial score (nSPS) is 19.0. The van der Waals surface area contributed by atoms with Crippen molar-refractivity contribution in [2.45, 2.75) is 45.2 Å². The maximum atomic E-state index is 13.0. The Kier molecular flexibility index (Phi) is 4.49. The minimum absolute atomic E-state index is 0.0347. The predicted octanol–water partition coefficient (Wildman–Crippen LogP) is 3.69. The van der Waals surface area contributed by atoms with Crippen LogP contribution in [0.4, 0.5) is 5.69 Å². The topological polar surface area (TPSA) is 49.4 Å². The molecule has 1 saturated carbocycles. The largest absolute Gasteiger partial charge is 0.352 e. The molecule has 1 atom stereocenters. The third-order valence-electron chi connectivity index (χ3n) is 5.55. The van der Waals surface area contributed by atoms with E-state index in [-0.39, 0.29) is 23.8 Å². The number of carbonyl (C=O) groups is 2. The molecule has 2 aromatic rings. The van der Waals surface area contributed by atoms with E-state index in [1.54, 1.807) is 0 Å². The second-order valence-corrected chi connectivity index (χ2v) is 7.40. The first-order valence-corrected chi connectivity index (χ1v) is 9.41. The molecule has 2 amide bonds. The van der Waals surface area contributed by atoms with Gasteiger partial charge in [0, 0.05) is 29.8 Å². The molecule has 4 nitrogen and oxygen atoms in total. The molecule has 4 heteroatoms. The lowest BCUT2D eigenvalue weighted by Gasteiger charge is -2.24. The first-order chi connectivity index (χ1) is 12.6. The minimum atomic E-state index is 0.0347. The Morgan fingerprint density at radius 1 is 1.12 bits per heavy atom. The highest BCUT2D eigenvalue weighted by molar-refractivity contribution is 6.07. The zero-order valence-electron chi connectivity index (χ0n) is 15.1. The SMILES string of the molecule is C[C@H]1Cc2ccc(CNC(=O)C3CCC3)cc2N1C(=O)c1ccccc1. The second kappa shape index (κ2) is 6.94. The van der Waals surface area contributed by atoms with Gasteiger partial charge in [-0.15, -0.1) is 0 Å². The zero-order valence-corrected chi connectivity index (χ0v) is 15.1. The van der Waals surface area contributed by atoms with Crippen molar-refractivity contribution in [2.75, 3.05) is 4.90 Å². The summed E-state index contributed by atoms with van der Waals surface area (Å²) in [7, 11) is 0. The molecule has 0 aromatic heterocycles. The van der Waals surface area contributed by atoms with Gasteiger partial charge >= 0.3 is 0 Å². The Morgan fingerprint density at radius 3 is 2.58 bits per heavy atom. The van der Waals surface area contributed by atoms with Crippen molar-refractivity contribution in [3.63, 3.8) is 0 Å². The fourth-order valence-corrected chi connectivity index (χ4v) is 3.80. The number of rotatable bonds is 4. The van der Waals surface area contributed by atoms with Crippen LogP contribution in [0.15, 0.2) is 48.5 Å². The van der Waals surface area contributed by atoms with Crippen LogP contribution in [0, 0.1) is 5.92 Å². The Hall–Kier alpha value is -2.62. The van der Waals surface area contributed by atoms with E-state index < -0.39 is 0 Å². The van der Waals surface area contributed by atoms with Gasteiger partial charge in [-0.05, 0) is 55.5 Å². The monoisotopic (exact) mass is 348 g/mol. The molecule has 0 unspecified atom stereocenters. The van der Waals surface area contributed by atoms with Crippen molar-refractivity contribution in [1.82, 2.24) is 5.32 Å². The van der Waals surface area contributed by atoms with Gasteiger partial charge in [0.25, 0.3) is 5.91 Å². The van der Waals surface area contributed by atoms with Crippen molar-refractivity contribution in [2.24, 2.45) is 5.92 Å². The van der Waals surface area contributed by atoms with Gasteiger partial charge in [0.05, 0.1) is 0 Å². The van der Waals surface area contributed by atoms with Crippen molar-refractivity contribution in [1.29, 1.82) is 0 Å². The summed E-state index contributed by atoms with van der Waals surface area (Å²) in [6.45, 7) is 2.60. The van der Waals surface area contributed by atoms with E-state index in [4.69, 9.17) is 0 Å². The van der Waals surface area contributed by atoms with Gasteiger partial charge in [0.2, 0.25) is 5.91 Å². The Bertz CT molecular complexity index is 827. The number of nitrogens with one attached hydrogen (secondary N) is 1. The number of amides is 2. The average Bonchev–Trinajstić information content (AvgIpc) is 2.93. The summed E-state index contributed by atoms with van der Waals surface area (Å²) in [5.74, 6) is 0.385. The lowest BCUT2D eigenvalue weighted by molar-refractivity contribution is -0.127. The van der Waals surface area contributed by atoms with Crippen molar-refractivity contribution >= 4 is 17.5 Å². The third-order valence-corrected chi connectivity index (χ3v) is 5.55. The summed E-state index contributed by atoms with van der Waals surface area (Å²) in [4.78, 5) is 26.9. The number of nitrogens with zero attached hydrogens (tertiary/aromatic N) is 1. The van der Waals surface area contributed by atoms with E-state index >= 15 is 0 Å². The molecule has 1 aliphatic heterocycles. The van der Waals surface area contributed by atoms with Crippen molar-refractivity contribution < 1.29 is 9.59 Å². The maximum absolute atomic E-state index is 13.0. The number of carbonyl (C=O) groups excluding carboxylic acids is 2. The molecule has 1 aliphatic carbocycles. The summed E-state index contributed by atoms with van der Waals surface area (Å²) < 4.78 is 0. The van der Waals surface area contributed by atoms with Crippen LogP contribution in [0.5, 0.6) is 0 Å². The molecule has 1 fully saturated rings. The molecule has 4 rings (SSSR count). The molecule has 26 heavy (non-hydrogen) atoms. The molecule has 0 bridgehead atoms. The van der Waals surface area contributed by atoms with Gasteiger partial charge in [-0.1, -0.05) is 36.8 Å². The molecule has 0 radical (unpaired) electrons. The minimum Gasteiger partial charge on any atom is -0.352 e. The van der Waals surface area contributed by atoms with Gasteiger partial charge < -0.3 is 10.2 Å². The van der Waals surface area contributed by atoms with Crippen LogP contribution in [0.1, 0.15) is 47.7 Å². The van der Waals surface area contributed by atoms with E-state index in [9.17, 15) is 9.59 Å². The lowest BCUT2D eigenvalue weighted by Crippen LogP contribution is -2.36. The fourth-order valence-electron chi connectivity index (χ4n) is 3.80. The Morgan fingerprint density at radius 2 is 1.88 bits per heavy atom. The van der Waals surface area contributed by atoms with E-state index in [1.807, 2.05) is 35.2 Å². The van der Waals surface area contributed by atoms with E-state index in [0.29, 0.717) is 12.1 Å². The number of benzene rings is 2. The summed E-state index contributed by atoms with van der Waals surface area (Å²) in [5, 5.41) is 3.04. The van der Waals surface area contributed by atoms with Crippen LogP contribution in [-0.2, 0) is 17.8 Å². The molecule has 1 heterocycles. The van der Waals surface area contributed by atoms with Crippen LogP contribution in [0.3, 0.4) is 0 Å². The second-order valence-electron chi connectivity index (χ2n) is 7.40. The number of hydrogen-bond acceptors (Lipinski definition) is 2. The highest BCUT2D eigenvalue weighted by Crippen LogP contribution is 2.34. The molecule has 2 aromatic carbocycles. The maximum Gasteiger partial charge on any atom is 0.258 e. The summed E-state index contributed by atoms with van der Waals surface area (Å²) in [5.41, 5.74) is 3.91. The zero-order chi connectivity index (χ0) is 18.1. The molecule has 1 N–H and O–H groups in total. The Labute approximate surface area is 154 Å². The predicted molar refractivity (Wildman–Crippen MR) is 102 cm³/mol. The highest BCUT2D eigenvalue weighted by Gasteiger charge is 2.31. The van der Waals surface area contributed by atoms with Gasteiger partial charge in [0.15, 0.2) is 0 Å². The van der Waals surface area contributed by atoms with Gasteiger partial charge in [-0.2, -0.15) is 0 Å². The number of fused-ring (bicyclic) bond motifs is 1. The van der Waals surface area contributed by atoms with Crippen molar-refractivity contribution in [3.8, 4) is 0 Å². The molecule has 134 valence electrons. The fraction of sp³-hybridized carbons (Fsp3) is 0.364. The smallest absolute Gasteiger partial charge is 0.258 e. The first-order valence-electron chi connectivity index (χ1n) is 9.41. The Balaban J connectivity index is 1.53. The van der Waals surface area contributed by atoms with Crippen LogP contribution in [0.25, 0.3) is 0 Å². The van der Waals surface area contributed by atoms with Gasteiger partial charge in [-0.25, -0.2) is 0 Å². The van der Waals surface area contributed by atoms with E-state index in [1.165, 1.54) is 5.56 Å². The lowest BCUT2D eigenvalue weighted by atomic mass is 9.85. The summed E-state index contributed by atoms with van der Waals surface area (Å²) in [6, 6.07) is 15.8. The standard InChI is InChI=1S/C22H24N2O2/c1-15-12-19-11-10-16(14-23-21(25)17-8-5-9-17)13-20(19)24(15)22(26)18-6-3-2-4-7-18/h2-4,6-7,10-11,13,15,17H,5,8-9,12,14H2,1H3,(H,23,25)/t15-/m0/s1. The molecular weight excluding hydrogens is 324 g/mol. The van der Waals surface area contributed by atoms with E-state index in [2.05, 4.69) is 30.4 Å². The average molecular weight is 348 g/mol. The molecule has 2 aliphatic rings. The third kappa shape index (κ3) is 3.12. The van der Waals surface area contributed by atoms with E-state index in [0.717, 1.165) is 36.9 Å². The van der Waals surface area contributed by atoms with Crippen LogP contribution < -0.4 is 10.2 Å². The first kappa shape index (κ1) is 16.8. The summed E-state index contributed by atoms with van der Waals surface area (Å²) in [6.07, 6.45) is 4.04. The number of hydrogen-bond donors (Lipinski definition) is 1. The van der Waals surface area contributed by atoms with Crippen LogP contribution in [0.2, 0.25) is 0 Å². The molecule has 0 saturated heterocycles. The quantitative estimate of drug-likeness (QED) is 0.916. The van der Waals surface area contributed by atoms with Crippen molar-refractivity contribution in [3.05, 3.63) is 65.2 Å². The van der Waals surface area contributed by atoms with Crippen LogP contribution >= 0.6 is 0 Å². The van der Waals surface area contributed by atoms with Gasteiger partial charge in [0.1, 0.15) is 0 Å². The molecular formula is C22H24N2O2. The number of anilines is 1. The van der Waals surface area contributed by atoms with Gasteiger partial charge in [-0.3, -0.25) is 9.59 Å². The highest BCUT2D eigenvalue weighted by atomic mass is 16.2. The molecule has 0 spiro atoms. The summed E-state index contributed by atoms with van der Waals surface area (Å²) >= 11 is 0. The van der Waals surface area contributed by atoms with Crippen LogP contribution in [-0.4, -0.2) is 17.9 Å².